The second kappa shape index (κ2) is 11.2. The largest absolute Gasteiger partial charge is 0.326 e. The first-order chi connectivity index (χ1) is 15.1. The summed E-state index contributed by atoms with van der Waals surface area (Å²) in [4.78, 5) is 11.7. The van der Waals surface area contributed by atoms with Crippen molar-refractivity contribution >= 4 is 38.8 Å². The van der Waals surface area contributed by atoms with E-state index >= 15 is 0 Å². The minimum atomic E-state index is -3.86. The van der Waals surface area contributed by atoms with Gasteiger partial charge >= 0.3 is 0 Å². The Balaban J connectivity index is 2.47. The fourth-order valence-electron chi connectivity index (χ4n) is 2.96. The van der Waals surface area contributed by atoms with E-state index in [1.54, 1.807) is 18.2 Å². The van der Waals surface area contributed by atoms with Crippen LogP contribution in [-0.4, -0.2) is 14.3 Å². The molecule has 2 rings (SSSR count). The van der Waals surface area contributed by atoms with E-state index in [-0.39, 0.29) is 15.8 Å². The van der Waals surface area contributed by atoms with Crippen LogP contribution in [0.25, 0.3) is 5.57 Å². The van der Waals surface area contributed by atoms with Crippen LogP contribution < -0.4 is 10.0 Å². The molecule has 0 heterocycles. The molecule has 0 spiro atoms. The first-order valence-electron chi connectivity index (χ1n) is 10.3. The molecule has 0 fully saturated rings. The number of sulfonamides is 1. The Morgan fingerprint density at radius 3 is 2.38 bits per heavy atom. The number of aryl methyl sites for hydroxylation is 1. The number of amides is 1. The topological polar surface area (TPSA) is 75.3 Å². The molecule has 170 valence electrons. The van der Waals surface area contributed by atoms with E-state index in [1.807, 2.05) is 58.1 Å². The molecule has 0 bridgehead atoms. The van der Waals surface area contributed by atoms with E-state index in [0.717, 1.165) is 28.7 Å². The number of carbonyl (C=O) groups excluding carboxylic acids is 1. The number of hydrogen-bond acceptors (Lipinski definition) is 3. The van der Waals surface area contributed by atoms with Gasteiger partial charge in [-0.25, -0.2) is 8.42 Å². The lowest BCUT2D eigenvalue weighted by atomic mass is 10.0. The maximum absolute atomic E-state index is 12.9. The first kappa shape index (κ1) is 25.4. The molecule has 2 aromatic carbocycles. The van der Waals surface area contributed by atoms with Gasteiger partial charge in [-0.3, -0.25) is 9.52 Å². The summed E-state index contributed by atoms with van der Waals surface area (Å²) in [5.74, 6) is -0.163. The maximum Gasteiger partial charge on any atom is 0.263 e. The van der Waals surface area contributed by atoms with Gasteiger partial charge in [0, 0.05) is 12.6 Å². The molecular weight excluding hydrogens is 444 g/mol. The number of rotatable bonds is 8. The van der Waals surface area contributed by atoms with Gasteiger partial charge in [0.2, 0.25) is 5.91 Å². The Morgan fingerprint density at radius 2 is 1.78 bits per heavy atom. The molecule has 0 aliphatic rings. The standard InChI is InChI=1S/C25H29ClN2O3S/c1-6-17(3)14-22(27-19(5)29)15-20(7-2)21-13-12-18(4)24(16-21)28-32(30,31)25-11-9-8-10-23(25)26/h7-16,28H,6H2,1-5H3,(H,27,29)/b17-14+,20-7+,22-15+. The van der Waals surface area contributed by atoms with Gasteiger partial charge in [-0.2, -0.15) is 0 Å². The normalized spacial score (nSPS) is 13.1. The van der Waals surface area contributed by atoms with E-state index in [0.29, 0.717) is 11.4 Å². The molecule has 32 heavy (non-hydrogen) atoms. The zero-order valence-corrected chi connectivity index (χ0v) is 20.6. The van der Waals surface area contributed by atoms with Crippen LogP contribution in [-0.2, 0) is 14.8 Å². The van der Waals surface area contributed by atoms with Crippen LogP contribution in [0.5, 0.6) is 0 Å². The maximum atomic E-state index is 12.9. The SMILES string of the molecule is C\C=C(/C=C(\C=C(/C)CC)NC(C)=O)c1ccc(C)c(NS(=O)(=O)c2ccccc2Cl)c1. The fourth-order valence-corrected chi connectivity index (χ4v) is 4.60. The van der Waals surface area contributed by atoms with Crippen LogP contribution in [0.4, 0.5) is 5.69 Å². The predicted octanol–water partition coefficient (Wildman–Crippen LogP) is 6.23. The van der Waals surface area contributed by atoms with Gasteiger partial charge in [-0.1, -0.05) is 54.4 Å². The van der Waals surface area contributed by atoms with Gasteiger partial charge in [0.25, 0.3) is 10.0 Å². The van der Waals surface area contributed by atoms with E-state index in [4.69, 9.17) is 11.6 Å². The Morgan fingerprint density at radius 1 is 1.09 bits per heavy atom. The second-order valence-electron chi connectivity index (χ2n) is 7.43. The molecule has 0 aromatic heterocycles. The number of carbonyl (C=O) groups is 1. The van der Waals surface area contributed by atoms with Crippen molar-refractivity contribution in [3.8, 4) is 0 Å². The van der Waals surface area contributed by atoms with Gasteiger partial charge in [0.15, 0.2) is 0 Å². The highest BCUT2D eigenvalue weighted by molar-refractivity contribution is 7.92. The Bertz CT molecular complexity index is 1200. The molecule has 5 nitrogen and oxygen atoms in total. The number of benzene rings is 2. The van der Waals surface area contributed by atoms with E-state index in [9.17, 15) is 13.2 Å². The summed E-state index contributed by atoms with van der Waals surface area (Å²) in [7, 11) is -3.86. The van der Waals surface area contributed by atoms with Crippen molar-refractivity contribution in [3.63, 3.8) is 0 Å². The van der Waals surface area contributed by atoms with E-state index in [2.05, 4.69) is 10.0 Å². The van der Waals surface area contributed by atoms with Gasteiger partial charge < -0.3 is 5.32 Å². The van der Waals surface area contributed by atoms with Crippen molar-refractivity contribution < 1.29 is 13.2 Å². The number of allylic oxidation sites excluding steroid dienone is 5. The van der Waals surface area contributed by atoms with Crippen molar-refractivity contribution in [1.29, 1.82) is 0 Å². The van der Waals surface area contributed by atoms with Crippen LogP contribution >= 0.6 is 11.6 Å². The van der Waals surface area contributed by atoms with Crippen molar-refractivity contribution in [2.75, 3.05) is 4.72 Å². The third-order valence-electron chi connectivity index (χ3n) is 4.84. The highest BCUT2D eigenvalue weighted by Crippen LogP contribution is 2.28. The van der Waals surface area contributed by atoms with Crippen LogP contribution in [0, 0.1) is 6.92 Å². The number of halogens is 1. The molecule has 0 atom stereocenters. The zero-order valence-electron chi connectivity index (χ0n) is 19.0. The Kier molecular flexibility index (Phi) is 8.87. The third kappa shape index (κ3) is 6.84. The number of anilines is 1. The smallest absolute Gasteiger partial charge is 0.263 e. The number of nitrogens with one attached hydrogen (secondary N) is 2. The summed E-state index contributed by atoms with van der Waals surface area (Å²) in [6, 6.07) is 11.8. The van der Waals surface area contributed by atoms with Crippen LogP contribution in [0.15, 0.2) is 76.9 Å². The first-order valence-corrected chi connectivity index (χ1v) is 12.1. The Hall–Kier alpha value is -2.83. The molecule has 0 radical (unpaired) electrons. The predicted molar refractivity (Wildman–Crippen MR) is 133 cm³/mol. The monoisotopic (exact) mass is 472 g/mol. The summed E-state index contributed by atoms with van der Waals surface area (Å²) in [5.41, 5.74) is 4.66. The van der Waals surface area contributed by atoms with Crippen molar-refractivity contribution in [2.24, 2.45) is 0 Å². The highest BCUT2D eigenvalue weighted by Gasteiger charge is 2.18. The zero-order chi connectivity index (χ0) is 23.9. The van der Waals surface area contributed by atoms with E-state index < -0.39 is 10.0 Å². The second-order valence-corrected chi connectivity index (χ2v) is 9.49. The highest BCUT2D eigenvalue weighted by atomic mass is 35.5. The Labute approximate surface area is 195 Å². The van der Waals surface area contributed by atoms with Gasteiger partial charge in [0.05, 0.1) is 10.7 Å². The molecular formula is C25H29ClN2O3S. The quantitative estimate of drug-likeness (QED) is 0.447. The van der Waals surface area contributed by atoms with Crippen molar-refractivity contribution in [1.82, 2.24) is 5.32 Å². The van der Waals surface area contributed by atoms with Crippen LogP contribution in [0.1, 0.15) is 45.2 Å². The average molecular weight is 473 g/mol. The summed E-state index contributed by atoms with van der Waals surface area (Å²) in [6.07, 6.45) is 6.58. The van der Waals surface area contributed by atoms with Gasteiger partial charge in [-0.15, -0.1) is 0 Å². The lowest BCUT2D eigenvalue weighted by molar-refractivity contribution is -0.118. The van der Waals surface area contributed by atoms with Gasteiger partial charge in [0.1, 0.15) is 4.90 Å². The summed E-state index contributed by atoms with van der Waals surface area (Å²) >= 11 is 6.10. The fraction of sp³-hybridized carbons (Fsp3) is 0.240. The molecule has 1 amide bonds. The van der Waals surface area contributed by atoms with Crippen molar-refractivity contribution in [3.05, 3.63) is 88.1 Å². The number of hydrogen-bond donors (Lipinski definition) is 2. The van der Waals surface area contributed by atoms with Crippen LogP contribution in [0.3, 0.4) is 0 Å². The summed E-state index contributed by atoms with van der Waals surface area (Å²) in [5, 5.41) is 3.01. The summed E-state index contributed by atoms with van der Waals surface area (Å²) < 4.78 is 28.5. The lowest BCUT2D eigenvalue weighted by Gasteiger charge is -2.14. The van der Waals surface area contributed by atoms with E-state index in [1.165, 1.54) is 19.1 Å². The molecule has 7 heteroatoms. The molecule has 2 N–H and O–H groups in total. The lowest BCUT2D eigenvalue weighted by Crippen LogP contribution is -2.18. The van der Waals surface area contributed by atoms with Crippen molar-refractivity contribution in [2.45, 2.75) is 45.9 Å². The molecule has 0 aliphatic heterocycles. The molecule has 2 aromatic rings. The minimum absolute atomic E-state index is 0.0192. The molecule has 0 saturated carbocycles. The molecule has 0 aliphatic carbocycles. The average Bonchev–Trinajstić information content (AvgIpc) is 2.73. The minimum Gasteiger partial charge on any atom is -0.326 e. The van der Waals surface area contributed by atoms with Crippen LogP contribution in [0.2, 0.25) is 5.02 Å². The third-order valence-corrected chi connectivity index (χ3v) is 6.71. The van der Waals surface area contributed by atoms with Gasteiger partial charge in [-0.05, 0) is 74.2 Å². The molecule has 0 saturated heterocycles. The summed E-state index contributed by atoms with van der Waals surface area (Å²) in [6.45, 7) is 9.23. The molecule has 0 unspecified atom stereocenters.